The third-order valence-corrected chi connectivity index (χ3v) is 2.89. The van der Waals surface area contributed by atoms with Crippen LogP contribution in [0.1, 0.15) is 6.42 Å². The highest BCUT2D eigenvalue weighted by molar-refractivity contribution is 5.75. The summed E-state index contributed by atoms with van der Waals surface area (Å²) in [4.78, 5) is 11.7. The zero-order valence-corrected chi connectivity index (χ0v) is 11.6. The molecule has 0 saturated carbocycles. The smallest absolute Gasteiger partial charge is 0.241 e. The number of nitrogens with one attached hydrogen (secondary N) is 1. The predicted molar refractivity (Wildman–Crippen MR) is 77.2 cm³/mol. The number of hydrogen-bond donors (Lipinski definition) is 1. The van der Waals surface area contributed by atoms with Gasteiger partial charge in [0.2, 0.25) is 5.91 Å². The average Bonchev–Trinajstić information content (AvgIpc) is 2.93. The van der Waals surface area contributed by atoms with Gasteiger partial charge in [-0.15, -0.1) is 0 Å². The number of carbonyl (C=O) groups is 1. The van der Waals surface area contributed by atoms with Crippen LogP contribution in [0.5, 0.6) is 0 Å². The van der Waals surface area contributed by atoms with E-state index in [2.05, 4.69) is 10.4 Å². The molecule has 0 atom stereocenters. The highest BCUT2D eigenvalue weighted by atomic mass is 16.5. The van der Waals surface area contributed by atoms with Gasteiger partial charge in [0.25, 0.3) is 0 Å². The molecule has 0 radical (unpaired) electrons. The number of benzene rings is 1. The van der Waals surface area contributed by atoms with Crippen LogP contribution in [0.15, 0.2) is 42.7 Å². The Balaban J connectivity index is 1.85. The van der Waals surface area contributed by atoms with Crippen molar-refractivity contribution in [1.29, 1.82) is 0 Å². The van der Waals surface area contributed by atoms with Crippen molar-refractivity contribution in [3.05, 3.63) is 42.7 Å². The van der Waals surface area contributed by atoms with E-state index in [0.717, 1.165) is 17.5 Å². The van der Waals surface area contributed by atoms with E-state index in [1.807, 2.05) is 36.5 Å². The number of carbonyl (C=O) groups excluding carboxylic acids is 1. The lowest BCUT2D eigenvalue weighted by Crippen LogP contribution is -2.29. The summed E-state index contributed by atoms with van der Waals surface area (Å²) in [5, 5.41) is 7.04. The van der Waals surface area contributed by atoms with E-state index >= 15 is 0 Å². The van der Waals surface area contributed by atoms with E-state index in [-0.39, 0.29) is 12.5 Å². The average molecular weight is 273 g/mol. The molecule has 0 unspecified atom stereocenters. The molecule has 2 aromatic rings. The lowest BCUT2D eigenvalue weighted by molar-refractivity contribution is -0.121. The van der Waals surface area contributed by atoms with Crippen LogP contribution in [0.4, 0.5) is 0 Å². The molecule has 1 heterocycles. The topological polar surface area (TPSA) is 56.1 Å². The number of methoxy groups -OCH3 is 1. The standard InChI is InChI=1S/C15H19N3O2/c1-20-9-5-8-16-15(19)12-18-11-14(10-17-18)13-6-3-2-4-7-13/h2-4,6-7,10-11H,5,8-9,12H2,1H3,(H,16,19). The SMILES string of the molecule is COCCCNC(=O)Cn1cc(-c2ccccc2)cn1. The van der Waals surface area contributed by atoms with Gasteiger partial charge in [0.05, 0.1) is 6.20 Å². The minimum absolute atomic E-state index is 0.0381. The van der Waals surface area contributed by atoms with Gasteiger partial charge in [-0.2, -0.15) is 5.10 Å². The number of rotatable bonds is 7. The van der Waals surface area contributed by atoms with Crippen molar-refractivity contribution >= 4 is 5.91 Å². The summed E-state index contributed by atoms with van der Waals surface area (Å²) in [6.07, 6.45) is 4.47. The molecule has 0 aliphatic rings. The Labute approximate surface area is 118 Å². The molecule has 2 rings (SSSR count). The van der Waals surface area contributed by atoms with Crippen molar-refractivity contribution in [2.45, 2.75) is 13.0 Å². The van der Waals surface area contributed by atoms with Crippen molar-refractivity contribution in [1.82, 2.24) is 15.1 Å². The maximum absolute atomic E-state index is 11.7. The molecule has 5 nitrogen and oxygen atoms in total. The van der Waals surface area contributed by atoms with Crippen molar-refractivity contribution in [2.75, 3.05) is 20.3 Å². The largest absolute Gasteiger partial charge is 0.385 e. The second-order valence-corrected chi connectivity index (χ2v) is 4.49. The van der Waals surface area contributed by atoms with Gasteiger partial charge in [-0.25, -0.2) is 0 Å². The van der Waals surface area contributed by atoms with Crippen LogP contribution in [0, 0.1) is 0 Å². The molecule has 0 aliphatic carbocycles. The summed E-state index contributed by atoms with van der Waals surface area (Å²) in [6.45, 7) is 1.51. The molecule has 1 aromatic carbocycles. The van der Waals surface area contributed by atoms with Crippen LogP contribution >= 0.6 is 0 Å². The van der Waals surface area contributed by atoms with Gasteiger partial charge < -0.3 is 10.1 Å². The van der Waals surface area contributed by atoms with Gasteiger partial charge in [-0.3, -0.25) is 9.48 Å². The van der Waals surface area contributed by atoms with E-state index in [0.29, 0.717) is 13.2 Å². The zero-order valence-electron chi connectivity index (χ0n) is 11.6. The fourth-order valence-corrected chi connectivity index (χ4v) is 1.88. The fourth-order valence-electron chi connectivity index (χ4n) is 1.88. The van der Waals surface area contributed by atoms with Gasteiger partial charge in [-0.1, -0.05) is 30.3 Å². The summed E-state index contributed by atoms with van der Waals surface area (Å²) < 4.78 is 6.57. The van der Waals surface area contributed by atoms with E-state index in [9.17, 15) is 4.79 Å². The first-order chi connectivity index (χ1) is 9.79. The van der Waals surface area contributed by atoms with E-state index in [4.69, 9.17) is 4.74 Å². The lowest BCUT2D eigenvalue weighted by Gasteiger charge is -2.04. The molecule has 5 heteroatoms. The van der Waals surface area contributed by atoms with Crippen molar-refractivity contribution < 1.29 is 9.53 Å². The monoisotopic (exact) mass is 273 g/mol. The van der Waals surface area contributed by atoms with Crippen LogP contribution in [0.3, 0.4) is 0 Å². The van der Waals surface area contributed by atoms with Crippen molar-refractivity contribution in [3.8, 4) is 11.1 Å². The second kappa shape index (κ2) is 7.45. The van der Waals surface area contributed by atoms with E-state index in [1.165, 1.54) is 0 Å². The molecule has 1 amide bonds. The Morgan fingerprint density at radius 3 is 2.85 bits per heavy atom. The lowest BCUT2D eigenvalue weighted by atomic mass is 10.1. The third-order valence-electron chi connectivity index (χ3n) is 2.89. The first-order valence-corrected chi connectivity index (χ1v) is 6.63. The highest BCUT2D eigenvalue weighted by Gasteiger charge is 2.05. The number of nitrogens with zero attached hydrogens (tertiary/aromatic N) is 2. The van der Waals surface area contributed by atoms with Crippen molar-refractivity contribution in [2.24, 2.45) is 0 Å². The molecule has 20 heavy (non-hydrogen) atoms. The summed E-state index contributed by atoms with van der Waals surface area (Å²) in [5.74, 6) is -0.0381. The molecule has 0 saturated heterocycles. The van der Waals surface area contributed by atoms with Crippen molar-refractivity contribution in [3.63, 3.8) is 0 Å². The molecule has 1 aromatic heterocycles. The molecule has 106 valence electrons. The van der Waals surface area contributed by atoms with Gasteiger partial charge in [0.15, 0.2) is 0 Å². The number of amides is 1. The first-order valence-electron chi connectivity index (χ1n) is 6.63. The Morgan fingerprint density at radius 1 is 1.30 bits per heavy atom. The molecule has 0 fully saturated rings. The zero-order chi connectivity index (χ0) is 14.2. The summed E-state index contributed by atoms with van der Waals surface area (Å²) in [5.41, 5.74) is 2.11. The molecular formula is C15H19N3O2. The van der Waals surface area contributed by atoms with E-state index in [1.54, 1.807) is 18.0 Å². The van der Waals surface area contributed by atoms with Gasteiger partial charge in [-0.05, 0) is 12.0 Å². The van der Waals surface area contributed by atoms with Crippen LogP contribution in [-0.2, 0) is 16.1 Å². The van der Waals surface area contributed by atoms with E-state index < -0.39 is 0 Å². The quantitative estimate of drug-likeness (QED) is 0.781. The van der Waals surface area contributed by atoms with Gasteiger partial charge >= 0.3 is 0 Å². The number of aromatic nitrogens is 2. The number of ether oxygens (including phenoxy) is 1. The molecule has 0 bridgehead atoms. The Hall–Kier alpha value is -2.14. The van der Waals surface area contributed by atoms with Crippen LogP contribution < -0.4 is 5.32 Å². The molecule has 0 aliphatic heterocycles. The minimum atomic E-state index is -0.0381. The van der Waals surface area contributed by atoms with Gasteiger partial charge in [0.1, 0.15) is 6.54 Å². The first kappa shape index (κ1) is 14.3. The Kier molecular flexibility index (Phi) is 5.32. The van der Waals surface area contributed by atoms with Crippen LogP contribution in [-0.4, -0.2) is 35.9 Å². The maximum atomic E-state index is 11.7. The third kappa shape index (κ3) is 4.20. The summed E-state index contributed by atoms with van der Waals surface area (Å²) in [7, 11) is 1.65. The summed E-state index contributed by atoms with van der Waals surface area (Å²) >= 11 is 0. The molecular weight excluding hydrogens is 254 g/mol. The molecule has 1 N–H and O–H groups in total. The fraction of sp³-hybridized carbons (Fsp3) is 0.333. The van der Waals surface area contributed by atoms with Gasteiger partial charge in [0, 0.05) is 32.0 Å². The predicted octanol–water partition coefficient (Wildman–Crippen LogP) is 1.70. The maximum Gasteiger partial charge on any atom is 0.241 e. The Morgan fingerprint density at radius 2 is 2.10 bits per heavy atom. The second-order valence-electron chi connectivity index (χ2n) is 4.49. The minimum Gasteiger partial charge on any atom is -0.385 e. The molecule has 0 spiro atoms. The highest BCUT2D eigenvalue weighted by Crippen LogP contribution is 2.17. The Bertz CT molecular complexity index is 537. The normalized spacial score (nSPS) is 10.4. The number of hydrogen-bond acceptors (Lipinski definition) is 3. The summed E-state index contributed by atoms with van der Waals surface area (Å²) in [6, 6.07) is 9.98. The van der Waals surface area contributed by atoms with Crippen LogP contribution in [0.25, 0.3) is 11.1 Å². The van der Waals surface area contributed by atoms with Crippen LogP contribution in [0.2, 0.25) is 0 Å².